The highest BCUT2D eigenvalue weighted by atomic mass is 19.4. The first kappa shape index (κ1) is 21.7. The number of aromatic nitrogens is 1. The quantitative estimate of drug-likeness (QED) is 0.537. The number of hydrogen-bond acceptors (Lipinski definition) is 5. The Bertz CT molecular complexity index is 1070. The van der Waals surface area contributed by atoms with Crippen LogP contribution >= 0.6 is 0 Å². The summed E-state index contributed by atoms with van der Waals surface area (Å²) in [5, 5.41) is 6.93. The second-order valence-electron chi connectivity index (χ2n) is 6.17. The van der Waals surface area contributed by atoms with E-state index >= 15 is 0 Å². The van der Waals surface area contributed by atoms with Gasteiger partial charge in [0, 0.05) is 24.0 Å². The zero-order valence-electron chi connectivity index (χ0n) is 16.1. The van der Waals surface area contributed by atoms with Crippen molar-refractivity contribution in [3.8, 4) is 5.88 Å². The zero-order valence-corrected chi connectivity index (χ0v) is 16.1. The number of amides is 3. The molecule has 0 aliphatic carbocycles. The highest BCUT2D eigenvalue weighted by Gasteiger charge is 2.34. The highest BCUT2D eigenvalue weighted by Crippen LogP contribution is 2.36. The number of anilines is 2. The Morgan fingerprint density at radius 3 is 2.61 bits per heavy atom. The standard InChI is InChI=1S/C20H17F3N4O4/c1-30-18-12(4-2-8-24-18)11-25-19(29)27-15-7-6-13(10-14(15)20(21,22)23)26-17(28)16-5-3-9-31-16/h2-10H,11H2,1H3,(H,26,28)(H2,25,27,29). The van der Waals surface area contributed by atoms with Crippen molar-refractivity contribution in [2.75, 3.05) is 17.7 Å². The molecule has 0 saturated heterocycles. The van der Waals surface area contributed by atoms with Gasteiger partial charge in [0.2, 0.25) is 5.88 Å². The molecule has 3 rings (SSSR count). The fourth-order valence-corrected chi connectivity index (χ4v) is 2.65. The van der Waals surface area contributed by atoms with Gasteiger partial charge in [-0.3, -0.25) is 4.79 Å². The number of carbonyl (C=O) groups excluding carboxylic acids is 2. The number of methoxy groups -OCH3 is 1. The van der Waals surface area contributed by atoms with Gasteiger partial charge in [0.25, 0.3) is 5.91 Å². The number of nitrogens with one attached hydrogen (secondary N) is 3. The fraction of sp³-hybridized carbons (Fsp3) is 0.150. The molecule has 31 heavy (non-hydrogen) atoms. The number of ether oxygens (including phenoxy) is 1. The van der Waals surface area contributed by atoms with Crippen LogP contribution in [0.2, 0.25) is 0 Å². The van der Waals surface area contributed by atoms with Gasteiger partial charge in [0.1, 0.15) is 0 Å². The molecule has 0 spiro atoms. The molecule has 0 atom stereocenters. The lowest BCUT2D eigenvalue weighted by Crippen LogP contribution is -2.29. The largest absolute Gasteiger partial charge is 0.481 e. The van der Waals surface area contributed by atoms with E-state index in [0.717, 1.165) is 12.1 Å². The smallest absolute Gasteiger partial charge is 0.418 e. The number of carbonyl (C=O) groups is 2. The van der Waals surface area contributed by atoms with Crippen LogP contribution in [-0.4, -0.2) is 24.0 Å². The van der Waals surface area contributed by atoms with E-state index in [1.165, 1.54) is 37.8 Å². The van der Waals surface area contributed by atoms with Crippen molar-refractivity contribution in [1.82, 2.24) is 10.3 Å². The zero-order chi connectivity index (χ0) is 22.4. The molecule has 11 heteroatoms. The number of halogens is 3. The van der Waals surface area contributed by atoms with Crippen molar-refractivity contribution in [3.05, 3.63) is 71.8 Å². The van der Waals surface area contributed by atoms with Crippen LogP contribution in [0, 0.1) is 0 Å². The third kappa shape index (κ3) is 5.53. The number of pyridine rings is 1. The molecule has 0 aliphatic rings. The van der Waals surface area contributed by atoms with E-state index in [1.54, 1.807) is 12.1 Å². The second kappa shape index (κ2) is 9.20. The van der Waals surface area contributed by atoms with Crippen LogP contribution in [0.1, 0.15) is 21.7 Å². The number of hydrogen-bond donors (Lipinski definition) is 3. The van der Waals surface area contributed by atoms with Crippen molar-refractivity contribution < 1.29 is 31.9 Å². The summed E-state index contributed by atoms with van der Waals surface area (Å²) in [6.07, 6.45) is -2.01. The van der Waals surface area contributed by atoms with Crippen LogP contribution in [0.25, 0.3) is 0 Å². The molecule has 2 aromatic heterocycles. The van der Waals surface area contributed by atoms with Crippen molar-refractivity contribution >= 4 is 23.3 Å². The topological polar surface area (TPSA) is 105 Å². The molecule has 162 valence electrons. The summed E-state index contributed by atoms with van der Waals surface area (Å²) in [4.78, 5) is 28.1. The van der Waals surface area contributed by atoms with E-state index in [9.17, 15) is 22.8 Å². The normalized spacial score (nSPS) is 11.0. The minimum atomic E-state index is -4.78. The summed E-state index contributed by atoms with van der Waals surface area (Å²) in [6.45, 7) is -0.0124. The SMILES string of the molecule is COc1ncccc1CNC(=O)Nc1ccc(NC(=O)c2ccco2)cc1C(F)(F)F. The molecular formula is C20H17F3N4O4. The molecule has 1 aromatic carbocycles. The summed E-state index contributed by atoms with van der Waals surface area (Å²) in [7, 11) is 1.41. The fourth-order valence-electron chi connectivity index (χ4n) is 2.65. The van der Waals surface area contributed by atoms with Crippen molar-refractivity contribution in [2.24, 2.45) is 0 Å². The number of alkyl halides is 3. The Labute approximate surface area is 174 Å². The van der Waals surface area contributed by atoms with E-state index < -0.39 is 29.4 Å². The predicted octanol–water partition coefficient (Wildman–Crippen LogP) is 4.28. The molecule has 0 saturated carbocycles. The van der Waals surface area contributed by atoms with E-state index in [0.29, 0.717) is 5.56 Å². The molecule has 3 amide bonds. The maximum absolute atomic E-state index is 13.5. The summed E-state index contributed by atoms with van der Waals surface area (Å²) in [5.74, 6) is -0.474. The van der Waals surface area contributed by atoms with E-state index in [1.807, 2.05) is 0 Å². The number of furan rings is 1. The molecular weight excluding hydrogens is 417 g/mol. The van der Waals surface area contributed by atoms with Gasteiger partial charge in [0.05, 0.1) is 24.6 Å². The van der Waals surface area contributed by atoms with Gasteiger partial charge < -0.3 is 25.1 Å². The molecule has 0 aliphatic heterocycles. The van der Waals surface area contributed by atoms with Gasteiger partial charge in [-0.05, 0) is 36.4 Å². The van der Waals surface area contributed by atoms with Crippen molar-refractivity contribution in [3.63, 3.8) is 0 Å². The van der Waals surface area contributed by atoms with Gasteiger partial charge in [-0.2, -0.15) is 13.2 Å². The minimum absolute atomic E-state index is 0.0124. The summed E-state index contributed by atoms with van der Waals surface area (Å²) < 4.78 is 50.5. The van der Waals surface area contributed by atoms with Crippen molar-refractivity contribution in [1.29, 1.82) is 0 Å². The van der Waals surface area contributed by atoms with E-state index in [2.05, 4.69) is 20.9 Å². The van der Waals surface area contributed by atoms with Crippen LogP contribution in [0.3, 0.4) is 0 Å². The average Bonchev–Trinajstić information content (AvgIpc) is 3.28. The second-order valence-corrected chi connectivity index (χ2v) is 6.17. The summed E-state index contributed by atoms with van der Waals surface area (Å²) in [5.41, 5.74) is -1.16. The maximum atomic E-state index is 13.5. The lowest BCUT2D eigenvalue weighted by Gasteiger charge is -2.16. The highest BCUT2D eigenvalue weighted by molar-refractivity contribution is 6.02. The monoisotopic (exact) mass is 434 g/mol. The number of nitrogens with zero attached hydrogens (tertiary/aromatic N) is 1. The molecule has 0 fully saturated rings. The Balaban J connectivity index is 1.72. The Morgan fingerprint density at radius 1 is 1.13 bits per heavy atom. The Hall–Kier alpha value is -4.02. The first-order valence-corrected chi connectivity index (χ1v) is 8.87. The maximum Gasteiger partial charge on any atom is 0.418 e. The first-order chi connectivity index (χ1) is 14.8. The third-order valence-corrected chi connectivity index (χ3v) is 4.06. The van der Waals surface area contributed by atoms with Gasteiger partial charge in [-0.25, -0.2) is 9.78 Å². The number of rotatable bonds is 6. The van der Waals surface area contributed by atoms with Crippen LogP contribution in [0.5, 0.6) is 5.88 Å². The lowest BCUT2D eigenvalue weighted by atomic mass is 10.1. The Morgan fingerprint density at radius 2 is 1.94 bits per heavy atom. The molecule has 3 aromatic rings. The third-order valence-electron chi connectivity index (χ3n) is 4.06. The summed E-state index contributed by atoms with van der Waals surface area (Å²) in [6, 6.07) is 8.28. The number of benzene rings is 1. The molecule has 0 bridgehead atoms. The van der Waals surface area contributed by atoms with Crippen molar-refractivity contribution in [2.45, 2.75) is 12.7 Å². The predicted molar refractivity (Wildman–Crippen MR) is 105 cm³/mol. The van der Waals surface area contributed by atoms with Gasteiger partial charge in [-0.1, -0.05) is 6.07 Å². The molecule has 2 heterocycles. The minimum Gasteiger partial charge on any atom is -0.481 e. The average molecular weight is 434 g/mol. The van der Waals surface area contributed by atoms with Gasteiger partial charge in [-0.15, -0.1) is 0 Å². The Kier molecular flexibility index (Phi) is 6.43. The first-order valence-electron chi connectivity index (χ1n) is 8.87. The van der Waals surface area contributed by atoms with Gasteiger partial charge >= 0.3 is 12.2 Å². The van der Waals surface area contributed by atoms with Crippen LogP contribution < -0.4 is 20.7 Å². The van der Waals surface area contributed by atoms with Crippen LogP contribution in [-0.2, 0) is 12.7 Å². The molecule has 3 N–H and O–H groups in total. The molecule has 8 nitrogen and oxygen atoms in total. The van der Waals surface area contributed by atoms with Crippen LogP contribution in [0.4, 0.5) is 29.3 Å². The van der Waals surface area contributed by atoms with E-state index in [4.69, 9.17) is 9.15 Å². The lowest BCUT2D eigenvalue weighted by molar-refractivity contribution is -0.136. The summed E-state index contributed by atoms with van der Waals surface area (Å²) >= 11 is 0. The molecule has 0 radical (unpaired) electrons. The molecule has 0 unspecified atom stereocenters. The van der Waals surface area contributed by atoms with Gasteiger partial charge in [0.15, 0.2) is 5.76 Å². The number of urea groups is 1. The van der Waals surface area contributed by atoms with Crippen LogP contribution in [0.15, 0.2) is 59.3 Å². The van der Waals surface area contributed by atoms with E-state index in [-0.39, 0.29) is 23.9 Å².